The Hall–Kier alpha value is -1.88. The zero-order valence-electron chi connectivity index (χ0n) is 12.4. The maximum Gasteiger partial charge on any atom is 0.251 e. The van der Waals surface area contributed by atoms with Crippen molar-refractivity contribution >= 4 is 17.4 Å². The molecule has 0 aliphatic carbocycles. The Morgan fingerprint density at radius 3 is 2.50 bits per heavy atom. The smallest absolute Gasteiger partial charge is 0.251 e. The van der Waals surface area contributed by atoms with E-state index in [9.17, 15) is 4.79 Å². The predicted octanol–water partition coefficient (Wildman–Crippen LogP) is 1.79. The molecule has 0 unspecified atom stereocenters. The molecule has 2 heterocycles. The molecule has 5 nitrogen and oxygen atoms in total. The second-order valence-electron chi connectivity index (χ2n) is 4.86. The summed E-state index contributed by atoms with van der Waals surface area (Å²) in [4.78, 5) is 18.6. The summed E-state index contributed by atoms with van der Waals surface area (Å²) in [5.41, 5.74) is 2.71. The van der Waals surface area contributed by atoms with Crippen molar-refractivity contribution in [2.24, 2.45) is 0 Å². The largest absolute Gasteiger partial charge is 0.357 e. The zero-order chi connectivity index (χ0) is 14.5. The van der Waals surface area contributed by atoms with Crippen LogP contribution >= 0.6 is 0 Å². The Kier molecular flexibility index (Phi) is 4.74. The lowest BCUT2D eigenvalue weighted by Gasteiger charge is -2.22. The molecule has 1 fully saturated rings. The fraction of sp³-hybridized carbons (Fsp3) is 0.467. The highest BCUT2D eigenvalue weighted by Crippen LogP contribution is 2.16. The molecule has 1 aromatic heterocycles. The summed E-state index contributed by atoms with van der Waals surface area (Å²) in [6.45, 7) is 9.55. The molecule has 108 valence electrons. The fourth-order valence-corrected chi connectivity index (χ4v) is 2.10. The van der Waals surface area contributed by atoms with Crippen LogP contribution in [0.5, 0.6) is 0 Å². The van der Waals surface area contributed by atoms with Crippen molar-refractivity contribution in [2.75, 3.05) is 36.4 Å². The molecule has 1 aromatic rings. The number of hydrogen-bond donors (Lipinski definition) is 2. The molecule has 0 atom stereocenters. The van der Waals surface area contributed by atoms with Gasteiger partial charge < -0.3 is 15.5 Å². The highest BCUT2D eigenvalue weighted by molar-refractivity contribution is 6.04. The number of aromatic nitrogens is 1. The zero-order valence-corrected chi connectivity index (χ0v) is 12.4. The van der Waals surface area contributed by atoms with Crippen LogP contribution in [-0.4, -0.2) is 37.1 Å². The minimum Gasteiger partial charge on any atom is -0.357 e. The van der Waals surface area contributed by atoms with Crippen molar-refractivity contribution in [1.82, 2.24) is 10.3 Å². The van der Waals surface area contributed by atoms with Crippen molar-refractivity contribution in [3.63, 3.8) is 0 Å². The highest BCUT2D eigenvalue weighted by Gasteiger charge is 2.16. The number of nitrogens with one attached hydrogen (secondary N) is 2. The van der Waals surface area contributed by atoms with Gasteiger partial charge in [-0.1, -0.05) is 0 Å². The van der Waals surface area contributed by atoms with Gasteiger partial charge in [-0.25, -0.2) is 4.98 Å². The molecule has 0 spiro atoms. The Morgan fingerprint density at radius 2 is 2.05 bits per heavy atom. The number of pyridine rings is 1. The lowest BCUT2D eigenvalue weighted by atomic mass is 10.0. The summed E-state index contributed by atoms with van der Waals surface area (Å²) < 4.78 is 0. The number of amides is 1. The molecule has 1 amide bonds. The van der Waals surface area contributed by atoms with Gasteiger partial charge in [-0.05, 0) is 38.5 Å². The van der Waals surface area contributed by atoms with Crippen molar-refractivity contribution in [3.05, 3.63) is 29.5 Å². The number of carbonyl (C=O) groups excluding carboxylic acids is 1. The van der Waals surface area contributed by atoms with Gasteiger partial charge in [0.2, 0.25) is 0 Å². The molecule has 0 aromatic carbocycles. The molecule has 1 aliphatic heterocycles. The topological polar surface area (TPSA) is 57.3 Å². The molecular formula is C15H22N4O. The monoisotopic (exact) mass is 274 g/mol. The van der Waals surface area contributed by atoms with E-state index < -0.39 is 0 Å². The van der Waals surface area contributed by atoms with Crippen LogP contribution in [0.15, 0.2) is 29.5 Å². The molecule has 2 rings (SSSR count). The first-order chi connectivity index (χ1) is 9.65. The van der Waals surface area contributed by atoms with Crippen LogP contribution in [0.25, 0.3) is 0 Å². The van der Waals surface area contributed by atoms with Gasteiger partial charge in [-0.15, -0.1) is 0 Å². The molecule has 20 heavy (non-hydrogen) atoms. The first-order valence-corrected chi connectivity index (χ1v) is 7.07. The third-order valence-electron chi connectivity index (χ3n) is 3.64. The van der Waals surface area contributed by atoms with Crippen LogP contribution in [0.4, 0.5) is 11.5 Å². The van der Waals surface area contributed by atoms with Gasteiger partial charge in [0.25, 0.3) is 5.91 Å². The van der Waals surface area contributed by atoms with E-state index >= 15 is 0 Å². The summed E-state index contributed by atoms with van der Waals surface area (Å²) in [7, 11) is 0. The summed E-state index contributed by atoms with van der Waals surface area (Å²) in [6, 6.07) is 3.84. The fourth-order valence-electron chi connectivity index (χ4n) is 2.10. The second kappa shape index (κ2) is 6.52. The Labute approximate surface area is 120 Å². The maximum atomic E-state index is 12.0. The molecule has 0 saturated carbocycles. The van der Waals surface area contributed by atoms with Crippen LogP contribution in [0.3, 0.4) is 0 Å². The van der Waals surface area contributed by atoms with Gasteiger partial charge in [0.15, 0.2) is 0 Å². The van der Waals surface area contributed by atoms with E-state index in [2.05, 4.69) is 34.4 Å². The molecule has 5 heteroatoms. The summed E-state index contributed by atoms with van der Waals surface area (Å²) in [5.74, 6) is 0.894. The first-order valence-electron chi connectivity index (χ1n) is 7.07. The van der Waals surface area contributed by atoms with Gasteiger partial charge in [-0.3, -0.25) is 4.79 Å². The predicted molar refractivity (Wildman–Crippen MR) is 82.0 cm³/mol. The van der Waals surface area contributed by atoms with Gasteiger partial charge in [0, 0.05) is 31.8 Å². The molecule has 1 saturated heterocycles. The van der Waals surface area contributed by atoms with Crippen LogP contribution in [0.1, 0.15) is 20.8 Å². The SMILES string of the molecule is CCN(CC)c1ccc(NC(=O)C(C)=C2CNC2)cn1. The van der Waals surface area contributed by atoms with Crippen molar-refractivity contribution in [3.8, 4) is 0 Å². The highest BCUT2D eigenvalue weighted by atomic mass is 16.1. The number of rotatable bonds is 5. The van der Waals surface area contributed by atoms with E-state index in [4.69, 9.17) is 0 Å². The van der Waals surface area contributed by atoms with Crippen molar-refractivity contribution in [1.29, 1.82) is 0 Å². The lowest BCUT2D eigenvalue weighted by molar-refractivity contribution is -0.112. The Morgan fingerprint density at radius 1 is 1.35 bits per heavy atom. The molecule has 0 bridgehead atoms. The third kappa shape index (κ3) is 3.17. The normalized spacial score (nSPS) is 13.7. The van der Waals surface area contributed by atoms with Crippen LogP contribution in [0.2, 0.25) is 0 Å². The minimum atomic E-state index is -0.0427. The standard InChI is InChI=1S/C15H22N4O/c1-4-19(5-2)14-7-6-13(10-17-14)18-15(20)11(3)12-8-16-9-12/h6-7,10,16H,4-5,8-9H2,1-3H3,(H,18,20). The lowest BCUT2D eigenvalue weighted by Crippen LogP contribution is -2.36. The quantitative estimate of drug-likeness (QED) is 0.804. The molecule has 1 aliphatic rings. The van der Waals surface area contributed by atoms with E-state index in [1.807, 2.05) is 19.1 Å². The third-order valence-corrected chi connectivity index (χ3v) is 3.64. The van der Waals surface area contributed by atoms with E-state index in [1.165, 1.54) is 5.57 Å². The van der Waals surface area contributed by atoms with Gasteiger partial charge in [0.1, 0.15) is 5.82 Å². The first kappa shape index (κ1) is 14.5. The van der Waals surface area contributed by atoms with E-state index in [0.717, 1.165) is 43.3 Å². The van der Waals surface area contributed by atoms with Crippen LogP contribution < -0.4 is 15.5 Å². The number of hydrogen-bond acceptors (Lipinski definition) is 4. The number of nitrogens with zero attached hydrogens (tertiary/aromatic N) is 2. The summed E-state index contributed by atoms with van der Waals surface area (Å²) in [5, 5.41) is 6.03. The van der Waals surface area contributed by atoms with Gasteiger partial charge >= 0.3 is 0 Å². The van der Waals surface area contributed by atoms with E-state index in [1.54, 1.807) is 6.20 Å². The summed E-state index contributed by atoms with van der Waals surface area (Å²) >= 11 is 0. The van der Waals surface area contributed by atoms with Crippen molar-refractivity contribution < 1.29 is 4.79 Å². The van der Waals surface area contributed by atoms with E-state index in [-0.39, 0.29) is 5.91 Å². The van der Waals surface area contributed by atoms with Gasteiger partial charge in [0.05, 0.1) is 11.9 Å². The average Bonchev–Trinajstić information content (AvgIpc) is 2.40. The average molecular weight is 274 g/mol. The molecule has 0 radical (unpaired) electrons. The Bertz CT molecular complexity index is 497. The van der Waals surface area contributed by atoms with E-state index in [0.29, 0.717) is 0 Å². The molecular weight excluding hydrogens is 252 g/mol. The summed E-state index contributed by atoms with van der Waals surface area (Å²) in [6.07, 6.45) is 1.71. The second-order valence-corrected chi connectivity index (χ2v) is 4.86. The Balaban J connectivity index is 2.02. The van der Waals surface area contributed by atoms with Crippen LogP contribution in [0, 0.1) is 0 Å². The number of anilines is 2. The van der Waals surface area contributed by atoms with Crippen LogP contribution in [-0.2, 0) is 4.79 Å². The van der Waals surface area contributed by atoms with Crippen molar-refractivity contribution in [2.45, 2.75) is 20.8 Å². The maximum absolute atomic E-state index is 12.0. The number of carbonyl (C=O) groups is 1. The van der Waals surface area contributed by atoms with Gasteiger partial charge in [-0.2, -0.15) is 0 Å². The minimum absolute atomic E-state index is 0.0427. The molecule has 2 N–H and O–H groups in total.